The topological polar surface area (TPSA) is 23.8 Å². The molecule has 0 unspecified atom stereocenters. The van der Waals surface area contributed by atoms with Crippen LogP contribution in [0, 0.1) is 11.3 Å². The summed E-state index contributed by atoms with van der Waals surface area (Å²) in [6, 6.07) is 3.22. The van der Waals surface area contributed by atoms with E-state index in [1.807, 2.05) is 20.8 Å². The van der Waals surface area contributed by atoms with Crippen LogP contribution in [0.4, 0.5) is 0 Å². The smallest absolute Gasteiger partial charge is 0.126 e. The summed E-state index contributed by atoms with van der Waals surface area (Å²) in [7, 11) is -1.58. The fraction of sp³-hybridized carbons (Fsp3) is 0.417. The van der Waals surface area contributed by atoms with Gasteiger partial charge in [-0.3, -0.25) is 0 Å². The van der Waals surface area contributed by atoms with Crippen LogP contribution in [-0.2, 0) is 0 Å². The summed E-state index contributed by atoms with van der Waals surface area (Å²) in [4.78, 5) is 0. The van der Waals surface area contributed by atoms with Gasteiger partial charge < -0.3 is 0 Å². The van der Waals surface area contributed by atoms with Gasteiger partial charge in [-0.25, -0.2) is 0 Å². The first-order valence-corrected chi connectivity index (χ1v) is 7.47. The maximum absolute atomic E-state index is 8.63. The maximum Gasteiger partial charge on any atom is 0.126 e. The number of hydrogen-bond donors (Lipinski definition) is 0. The van der Waals surface area contributed by atoms with E-state index in [4.69, 9.17) is 5.26 Å². The molecule has 0 aliphatic carbocycles. The minimum Gasteiger partial charge on any atom is -0.198 e. The molecule has 0 aliphatic rings. The Balaban J connectivity index is 4.84. The molecule has 0 aromatic heterocycles. The summed E-state index contributed by atoms with van der Waals surface area (Å²) in [5, 5.41) is 8.63. The van der Waals surface area contributed by atoms with Crippen molar-refractivity contribution in [3.8, 4) is 6.07 Å². The minimum atomic E-state index is -1.58. The maximum atomic E-state index is 8.63. The summed E-state index contributed by atoms with van der Waals surface area (Å²) in [6.07, 6.45) is 6.95. The molecule has 0 rings (SSSR count). The Bertz CT molecular complexity index is 237. The molecule has 0 amide bonds. The number of rotatable bonds is 5. The quantitative estimate of drug-likeness (QED) is 0.628. The van der Waals surface area contributed by atoms with Gasteiger partial charge in [0.2, 0.25) is 0 Å². The summed E-state index contributed by atoms with van der Waals surface area (Å²) in [6.45, 7) is 6.13. The zero-order valence-electron chi connectivity index (χ0n) is 9.33. The average molecular weight is 205 g/mol. The molecule has 0 aliphatic heterocycles. The van der Waals surface area contributed by atoms with Crippen LogP contribution in [-0.4, -0.2) is 8.07 Å². The molecule has 2 heteroatoms. The molecule has 0 aromatic rings. The Kier molecular flexibility index (Phi) is 6.78. The Morgan fingerprint density at radius 2 is 1.43 bits per heavy atom. The SMILES string of the molecule is CC=C[Si](C=CC)(C=CC)CCC#N. The van der Waals surface area contributed by atoms with Crippen LogP contribution in [0.2, 0.25) is 6.04 Å². The van der Waals surface area contributed by atoms with Gasteiger partial charge in [0.05, 0.1) is 6.07 Å². The molecule has 0 spiro atoms. The van der Waals surface area contributed by atoms with Crippen molar-refractivity contribution in [2.45, 2.75) is 33.2 Å². The van der Waals surface area contributed by atoms with Crippen molar-refractivity contribution in [2.75, 3.05) is 0 Å². The molecule has 0 N–H and O–H groups in total. The van der Waals surface area contributed by atoms with Gasteiger partial charge in [-0.2, -0.15) is 5.26 Å². The van der Waals surface area contributed by atoms with Crippen LogP contribution in [0.1, 0.15) is 27.2 Å². The second-order valence-electron chi connectivity index (χ2n) is 3.27. The van der Waals surface area contributed by atoms with E-state index < -0.39 is 8.07 Å². The van der Waals surface area contributed by atoms with E-state index in [0.717, 1.165) is 6.04 Å². The van der Waals surface area contributed by atoms with Gasteiger partial charge >= 0.3 is 0 Å². The molecule has 0 radical (unpaired) electrons. The summed E-state index contributed by atoms with van der Waals surface area (Å²) >= 11 is 0. The van der Waals surface area contributed by atoms with Gasteiger partial charge in [-0.05, 0) is 26.8 Å². The van der Waals surface area contributed by atoms with Gasteiger partial charge in [-0.1, -0.05) is 35.3 Å². The van der Waals surface area contributed by atoms with Gasteiger partial charge in [-0.15, -0.1) is 0 Å². The molecular formula is C12H19NSi. The third-order valence-corrected chi connectivity index (χ3v) is 6.08. The molecule has 0 atom stereocenters. The molecule has 14 heavy (non-hydrogen) atoms. The highest BCUT2D eigenvalue weighted by molar-refractivity contribution is 6.93. The summed E-state index contributed by atoms with van der Waals surface area (Å²) < 4.78 is 0. The summed E-state index contributed by atoms with van der Waals surface area (Å²) in [5.41, 5.74) is 6.85. The van der Waals surface area contributed by atoms with Gasteiger partial charge in [0, 0.05) is 6.42 Å². The normalized spacial score (nSPS) is 16.4. The monoisotopic (exact) mass is 205 g/mol. The highest BCUT2D eigenvalue weighted by Crippen LogP contribution is 2.18. The third-order valence-electron chi connectivity index (χ3n) is 2.10. The molecule has 0 saturated heterocycles. The zero-order valence-corrected chi connectivity index (χ0v) is 10.3. The van der Waals surface area contributed by atoms with Crippen LogP contribution < -0.4 is 0 Å². The fourth-order valence-corrected chi connectivity index (χ4v) is 4.86. The molecule has 0 bridgehead atoms. The zero-order chi connectivity index (χ0) is 10.9. The van der Waals surface area contributed by atoms with E-state index in [1.165, 1.54) is 0 Å². The van der Waals surface area contributed by atoms with E-state index in [0.29, 0.717) is 6.42 Å². The highest BCUT2D eigenvalue weighted by Gasteiger charge is 2.21. The van der Waals surface area contributed by atoms with Crippen molar-refractivity contribution in [1.29, 1.82) is 5.26 Å². The van der Waals surface area contributed by atoms with Crippen molar-refractivity contribution in [2.24, 2.45) is 0 Å². The third kappa shape index (κ3) is 4.24. The number of nitriles is 1. The lowest BCUT2D eigenvalue weighted by Gasteiger charge is -2.18. The molecule has 0 heterocycles. The van der Waals surface area contributed by atoms with Crippen LogP contribution >= 0.6 is 0 Å². The average Bonchev–Trinajstić information content (AvgIpc) is 2.16. The largest absolute Gasteiger partial charge is 0.198 e. The molecule has 0 saturated carbocycles. The van der Waals surface area contributed by atoms with E-state index >= 15 is 0 Å². The first-order chi connectivity index (χ1) is 6.74. The van der Waals surface area contributed by atoms with Crippen molar-refractivity contribution in [3.63, 3.8) is 0 Å². The Labute approximate surface area is 88.5 Å². The first-order valence-electron chi connectivity index (χ1n) is 5.03. The van der Waals surface area contributed by atoms with Crippen LogP contribution in [0.15, 0.2) is 35.3 Å². The molecule has 0 fully saturated rings. The van der Waals surface area contributed by atoms with E-state index in [1.54, 1.807) is 0 Å². The number of hydrogen-bond acceptors (Lipinski definition) is 1. The Morgan fingerprint density at radius 1 is 1.00 bits per heavy atom. The van der Waals surface area contributed by atoms with E-state index in [9.17, 15) is 0 Å². The molecule has 76 valence electrons. The van der Waals surface area contributed by atoms with Crippen molar-refractivity contribution >= 4 is 8.07 Å². The Hall–Kier alpha value is -1.07. The lowest BCUT2D eigenvalue weighted by molar-refractivity contribution is 1.18. The predicted octanol–water partition coefficient (Wildman–Crippen LogP) is 3.69. The van der Waals surface area contributed by atoms with Crippen molar-refractivity contribution in [1.82, 2.24) is 0 Å². The minimum absolute atomic E-state index is 0.644. The first kappa shape index (κ1) is 12.9. The van der Waals surface area contributed by atoms with Crippen molar-refractivity contribution < 1.29 is 0 Å². The highest BCUT2D eigenvalue weighted by atomic mass is 28.3. The number of allylic oxidation sites excluding steroid dienone is 3. The second kappa shape index (κ2) is 7.34. The van der Waals surface area contributed by atoms with Gasteiger partial charge in [0.15, 0.2) is 0 Å². The van der Waals surface area contributed by atoms with Gasteiger partial charge in [0.1, 0.15) is 8.07 Å². The lowest BCUT2D eigenvalue weighted by atomic mass is 10.6. The molecular weight excluding hydrogens is 186 g/mol. The van der Waals surface area contributed by atoms with E-state index in [2.05, 4.69) is 41.4 Å². The standard InChI is InChI=1S/C12H19NSi/c1-4-9-14(10-5-2,11-6-3)12-7-8-13/h4-6,9-11H,7,12H2,1-3H3. The van der Waals surface area contributed by atoms with Crippen LogP contribution in [0.3, 0.4) is 0 Å². The van der Waals surface area contributed by atoms with Crippen LogP contribution in [0.5, 0.6) is 0 Å². The van der Waals surface area contributed by atoms with Gasteiger partial charge in [0.25, 0.3) is 0 Å². The second-order valence-corrected chi connectivity index (χ2v) is 7.00. The molecule has 1 nitrogen and oxygen atoms in total. The Morgan fingerprint density at radius 3 is 1.71 bits per heavy atom. The fourth-order valence-electron chi connectivity index (χ4n) is 1.62. The summed E-state index contributed by atoms with van der Waals surface area (Å²) in [5.74, 6) is 0. The molecule has 0 aromatic carbocycles. The van der Waals surface area contributed by atoms with Crippen LogP contribution in [0.25, 0.3) is 0 Å². The predicted molar refractivity (Wildman–Crippen MR) is 65.2 cm³/mol. The number of nitrogens with zero attached hydrogens (tertiary/aromatic N) is 1. The van der Waals surface area contributed by atoms with Crippen molar-refractivity contribution in [3.05, 3.63) is 35.3 Å². The lowest BCUT2D eigenvalue weighted by Crippen LogP contribution is -2.27. The van der Waals surface area contributed by atoms with E-state index in [-0.39, 0.29) is 0 Å².